The number of allylic oxidation sites excluding steroid dienone is 3. The lowest BCUT2D eigenvalue weighted by molar-refractivity contribution is 1.60. The van der Waals surface area contributed by atoms with Gasteiger partial charge >= 0.3 is 0 Å². The van der Waals surface area contributed by atoms with Crippen molar-refractivity contribution in [2.75, 3.05) is 0 Å². The first kappa shape index (κ1) is 8.94. The molecule has 0 bridgehead atoms. The van der Waals surface area contributed by atoms with Crippen molar-refractivity contribution in [2.24, 2.45) is 4.99 Å². The van der Waals surface area contributed by atoms with Crippen LogP contribution in [0.25, 0.3) is 5.70 Å². The topological polar surface area (TPSA) is 12.4 Å². The van der Waals surface area contributed by atoms with Gasteiger partial charge in [-0.3, -0.25) is 4.99 Å². The van der Waals surface area contributed by atoms with E-state index >= 15 is 0 Å². The van der Waals surface area contributed by atoms with Crippen LogP contribution in [-0.2, 0) is 0 Å². The maximum Gasteiger partial charge on any atom is 0.0794 e. The molecule has 2 heteroatoms. The van der Waals surface area contributed by atoms with Crippen molar-refractivity contribution in [2.45, 2.75) is 6.92 Å². The number of hydrogen-bond donors (Lipinski definition) is 0. The zero-order valence-electron chi connectivity index (χ0n) is 7.03. The Morgan fingerprint density at radius 1 is 1.67 bits per heavy atom. The molecule has 0 aliphatic rings. The summed E-state index contributed by atoms with van der Waals surface area (Å²) >= 11 is 1.67. The van der Waals surface area contributed by atoms with Crippen molar-refractivity contribution < 1.29 is 0 Å². The quantitative estimate of drug-likeness (QED) is 0.496. The molecule has 0 saturated heterocycles. The van der Waals surface area contributed by atoms with Crippen LogP contribution >= 0.6 is 11.3 Å². The predicted molar refractivity (Wildman–Crippen MR) is 56.7 cm³/mol. The second-order valence-corrected chi connectivity index (χ2v) is 3.16. The molecular weight excluding hydrogens is 166 g/mol. The van der Waals surface area contributed by atoms with Crippen LogP contribution in [0.4, 0.5) is 0 Å². The van der Waals surface area contributed by atoms with E-state index in [2.05, 4.69) is 11.7 Å². The van der Waals surface area contributed by atoms with Crippen LogP contribution in [0.15, 0.2) is 40.7 Å². The highest BCUT2D eigenvalue weighted by atomic mass is 32.1. The fourth-order valence-electron chi connectivity index (χ4n) is 0.824. The van der Waals surface area contributed by atoms with E-state index in [-0.39, 0.29) is 0 Å². The monoisotopic (exact) mass is 177 g/mol. The van der Waals surface area contributed by atoms with Crippen molar-refractivity contribution in [1.82, 2.24) is 0 Å². The van der Waals surface area contributed by atoms with Crippen LogP contribution in [0.2, 0.25) is 0 Å². The molecule has 0 aliphatic heterocycles. The van der Waals surface area contributed by atoms with E-state index in [1.165, 1.54) is 0 Å². The molecule has 0 amide bonds. The Labute approximate surface area is 76.8 Å². The molecule has 0 spiro atoms. The summed E-state index contributed by atoms with van der Waals surface area (Å²) in [6.45, 7) is 5.50. The van der Waals surface area contributed by atoms with E-state index in [0.29, 0.717) is 0 Å². The van der Waals surface area contributed by atoms with E-state index in [0.717, 1.165) is 10.6 Å². The van der Waals surface area contributed by atoms with Crippen LogP contribution in [0.3, 0.4) is 0 Å². The Bertz CT molecular complexity index is 294. The Morgan fingerprint density at radius 3 is 3.00 bits per heavy atom. The van der Waals surface area contributed by atoms with Crippen molar-refractivity contribution >= 4 is 23.8 Å². The van der Waals surface area contributed by atoms with Crippen LogP contribution in [0, 0.1) is 0 Å². The number of thiophene rings is 1. The summed E-state index contributed by atoms with van der Waals surface area (Å²) < 4.78 is 0. The lowest BCUT2D eigenvalue weighted by Gasteiger charge is -1.92. The first-order chi connectivity index (χ1) is 5.88. The number of rotatable bonds is 3. The molecule has 62 valence electrons. The average Bonchev–Trinajstić information content (AvgIpc) is 2.59. The summed E-state index contributed by atoms with van der Waals surface area (Å²) in [5.41, 5.74) is 0.933. The van der Waals surface area contributed by atoms with Gasteiger partial charge in [0.1, 0.15) is 0 Å². The molecule has 1 nitrogen and oxygen atoms in total. The van der Waals surface area contributed by atoms with Crippen molar-refractivity contribution in [1.29, 1.82) is 0 Å². The molecular formula is C10H11NS. The van der Waals surface area contributed by atoms with Crippen LogP contribution in [0.5, 0.6) is 0 Å². The molecule has 1 aromatic heterocycles. The number of hydrogen-bond acceptors (Lipinski definition) is 2. The average molecular weight is 177 g/mol. The molecule has 0 saturated carbocycles. The fourth-order valence-corrected chi connectivity index (χ4v) is 1.54. The molecule has 0 atom stereocenters. The summed E-state index contributed by atoms with van der Waals surface area (Å²) in [6.07, 6.45) is 5.89. The highest BCUT2D eigenvalue weighted by molar-refractivity contribution is 7.11. The highest BCUT2D eigenvalue weighted by Gasteiger charge is 1.96. The Balaban J connectivity index is 2.90. The second kappa shape index (κ2) is 4.67. The van der Waals surface area contributed by atoms with Gasteiger partial charge in [0.05, 0.1) is 10.6 Å². The first-order valence-corrected chi connectivity index (χ1v) is 4.60. The largest absolute Gasteiger partial charge is 0.263 e. The summed E-state index contributed by atoms with van der Waals surface area (Å²) in [5, 5.41) is 2.03. The van der Waals surface area contributed by atoms with Gasteiger partial charge in [-0.15, -0.1) is 11.3 Å². The fraction of sp³-hybridized carbons (Fsp3) is 0.100. The molecule has 1 heterocycles. The van der Waals surface area contributed by atoms with Gasteiger partial charge in [0, 0.05) is 0 Å². The molecule has 1 aromatic rings. The van der Waals surface area contributed by atoms with E-state index in [4.69, 9.17) is 0 Å². The first-order valence-electron chi connectivity index (χ1n) is 3.72. The Morgan fingerprint density at radius 2 is 2.50 bits per heavy atom. The molecule has 0 N–H and O–H groups in total. The molecule has 1 rings (SSSR count). The molecule has 0 aromatic carbocycles. The zero-order valence-corrected chi connectivity index (χ0v) is 7.84. The van der Waals surface area contributed by atoms with E-state index in [9.17, 15) is 0 Å². The molecule has 0 unspecified atom stereocenters. The van der Waals surface area contributed by atoms with E-state index in [1.807, 2.05) is 42.7 Å². The molecule has 12 heavy (non-hydrogen) atoms. The third-order valence-corrected chi connectivity index (χ3v) is 2.28. The van der Waals surface area contributed by atoms with Gasteiger partial charge in [0.2, 0.25) is 0 Å². The number of nitrogens with zero attached hydrogens (tertiary/aromatic N) is 1. The van der Waals surface area contributed by atoms with E-state index in [1.54, 1.807) is 11.3 Å². The van der Waals surface area contributed by atoms with Crippen LogP contribution in [-0.4, -0.2) is 6.72 Å². The summed E-state index contributed by atoms with van der Waals surface area (Å²) in [7, 11) is 0. The van der Waals surface area contributed by atoms with Gasteiger partial charge in [-0.2, -0.15) is 0 Å². The summed E-state index contributed by atoms with van der Waals surface area (Å²) in [5.74, 6) is 0. The molecule has 0 radical (unpaired) electrons. The van der Waals surface area contributed by atoms with E-state index < -0.39 is 0 Å². The Hall–Kier alpha value is -1.15. The third-order valence-electron chi connectivity index (χ3n) is 1.39. The lowest BCUT2D eigenvalue weighted by Crippen LogP contribution is -1.71. The van der Waals surface area contributed by atoms with Gasteiger partial charge in [0.15, 0.2) is 0 Å². The number of aliphatic imine (C=N–C) groups is 1. The summed E-state index contributed by atoms with van der Waals surface area (Å²) in [4.78, 5) is 5.09. The predicted octanol–water partition coefficient (Wildman–Crippen LogP) is 3.37. The lowest BCUT2D eigenvalue weighted by atomic mass is 10.3. The highest BCUT2D eigenvalue weighted by Crippen LogP contribution is 2.20. The van der Waals surface area contributed by atoms with Crippen LogP contribution < -0.4 is 0 Å². The van der Waals surface area contributed by atoms with Gasteiger partial charge in [-0.25, -0.2) is 0 Å². The van der Waals surface area contributed by atoms with Crippen molar-refractivity contribution in [3.05, 3.63) is 40.6 Å². The van der Waals surface area contributed by atoms with Gasteiger partial charge in [-0.1, -0.05) is 18.2 Å². The second-order valence-electron chi connectivity index (χ2n) is 2.21. The van der Waals surface area contributed by atoms with Crippen LogP contribution in [0.1, 0.15) is 11.8 Å². The smallest absolute Gasteiger partial charge is 0.0794 e. The molecule has 0 aliphatic carbocycles. The minimum absolute atomic E-state index is 0.933. The zero-order chi connectivity index (χ0) is 8.81. The van der Waals surface area contributed by atoms with Crippen molar-refractivity contribution in [3.8, 4) is 0 Å². The maximum absolute atomic E-state index is 3.94. The maximum atomic E-state index is 3.94. The molecule has 0 fully saturated rings. The van der Waals surface area contributed by atoms with Crippen molar-refractivity contribution in [3.63, 3.8) is 0 Å². The van der Waals surface area contributed by atoms with Gasteiger partial charge in [0.25, 0.3) is 0 Å². The normalized spacial score (nSPS) is 12.2. The minimum atomic E-state index is 0.933. The Kier molecular flexibility index (Phi) is 3.48. The van der Waals surface area contributed by atoms with Gasteiger partial charge < -0.3 is 0 Å². The standard InChI is InChI=1S/C10H11NS/c1-3-4-6-9(11-2)10-7-5-8-12-10/h3-8H,2H2,1H3/b4-3-,9-6-. The SMILES string of the molecule is C=N/C(=C\C=C/C)c1cccs1. The minimum Gasteiger partial charge on any atom is -0.263 e. The summed E-state index contributed by atoms with van der Waals surface area (Å²) in [6, 6.07) is 4.04. The van der Waals surface area contributed by atoms with Gasteiger partial charge in [-0.05, 0) is 31.2 Å². The third kappa shape index (κ3) is 2.17.